The maximum absolute atomic E-state index is 13.5. The first kappa shape index (κ1) is 25.8. The first-order chi connectivity index (χ1) is 18.3. The summed E-state index contributed by atoms with van der Waals surface area (Å²) in [5.74, 6) is -0.728. The van der Waals surface area contributed by atoms with Gasteiger partial charge in [-0.2, -0.15) is 13.2 Å². The van der Waals surface area contributed by atoms with E-state index in [1.807, 2.05) is 18.2 Å². The summed E-state index contributed by atoms with van der Waals surface area (Å²) in [5, 5.41) is 5.92. The van der Waals surface area contributed by atoms with Crippen molar-refractivity contribution in [3.63, 3.8) is 0 Å². The van der Waals surface area contributed by atoms with Gasteiger partial charge in [-0.1, -0.05) is 43.5 Å². The van der Waals surface area contributed by atoms with Crippen LogP contribution in [0.15, 0.2) is 66.7 Å². The fourth-order valence-corrected chi connectivity index (χ4v) is 5.30. The van der Waals surface area contributed by atoms with Crippen molar-refractivity contribution < 1.29 is 22.8 Å². The van der Waals surface area contributed by atoms with Crippen LogP contribution in [0.5, 0.6) is 0 Å². The molecule has 2 aliphatic rings. The summed E-state index contributed by atoms with van der Waals surface area (Å²) in [7, 11) is 0. The van der Waals surface area contributed by atoms with Crippen molar-refractivity contribution in [2.45, 2.75) is 57.3 Å². The summed E-state index contributed by atoms with van der Waals surface area (Å²) < 4.78 is 38.7. The number of alkyl halides is 3. The van der Waals surface area contributed by atoms with Crippen LogP contribution in [0.4, 0.5) is 24.5 Å². The lowest BCUT2D eigenvalue weighted by atomic mass is 9.95. The molecule has 0 atom stereocenters. The van der Waals surface area contributed by atoms with Crippen molar-refractivity contribution in [1.29, 1.82) is 0 Å². The number of carbonyl (C=O) groups is 2. The maximum atomic E-state index is 13.5. The molecule has 38 heavy (non-hydrogen) atoms. The molecule has 0 unspecified atom stereocenters. The average molecular weight is 522 g/mol. The average Bonchev–Trinajstić information content (AvgIpc) is 2.93. The third-order valence-corrected chi connectivity index (χ3v) is 7.39. The molecule has 8 heteroatoms. The minimum absolute atomic E-state index is 0.0999. The third kappa shape index (κ3) is 5.85. The Morgan fingerprint density at radius 2 is 1.55 bits per heavy atom. The molecule has 1 fully saturated rings. The van der Waals surface area contributed by atoms with E-state index in [1.54, 1.807) is 12.1 Å². The topological polar surface area (TPSA) is 61.4 Å². The Morgan fingerprint density at radius 3 is 2.26 bits per heavy atom. The van der Waals surface area contributed by atoms with Gasteiger partial charge in [-0.15, -0.1) is 0 Å². The highest BCUT2D eigenvalue weighted by atomic mass is 19.4. The first-order valence-electron chi connectivity index (χ1n) is 13.0. The molecule has 0 saturated heterocycles. The summed E-state index contributed by atoms with van der Waals surface area (Å²) >= 11 is 0. The molecule has 1 saturated carbocycles. The number of fused-ring (bicyclic) bond motifs is 1. The minimum Gasteiger partial charge on any atom is -0.366 e. The van der Waals surface area contributed by atoms with Crippen LogP contribution in [0.3, 0.4) is 0 Å². The van der Waals surface area contributed by atoms with Crippen molar-refractivity contribution in [2.75, 3.05) is 16.8 Å². The zero-order valence-corrected chi connectivity index (χ0v) is 21.0. The van der Waals surface area contributed by atoms with Crippen LogP contribution in [0.1, 0.15) is 69.5 Å². The number of rotatable bonds is 5. The fourth-order valence-electron chi connectivity index (χ4n) is 5.30. The lowest BCUT2D eigenvalue weighted by Gasteiger charge is -2.32. The minimum atomic E-state index is -4.47. The summed E-state index contributed by atoms with van der Waals surface area (Å²) in [4.78, 5) is 28.5. The van der Waals surface area contributed by atoms with Crippen LogP contribution in [0.2, 0.25) is 0 Å². The van der Waals surface area contributed by atoms with E-state index >= 15 is 0 Å². The fraction of sp³-hybridized carbons (Fsp3) is 0.333. The molecule has 3 aromatic carbocycles. The molecule has 2 amide bonds. The van der Waals surface area contributed by atoms with E-state index in [2.05, 4.69) is 27.7 Å². The van der Waals surface area contributed by atoms with Crippen LogP contribution >= 0.6 is 0 Å². The molecule has 1 heterocycles. The number of benzene rings is 3. The van der Waals surface area contributed by atoms with Gasteiger partial charge >= 0.3 is 6.18 Å². The monoisotopic (exact) mass is 521 g/mol. The lowest BCUT2D eigenvalue weighted by molar-refractivity contribution is -0.137. The molecule has 5 rings (SSSR count). The van der Waals surface area contributed by atoms with Crippen LogP contribution in [0.25, 0.3) is 0 Å². The molecule has 198 valence electrons. The van der Waals surface area contributed by atoms with Gasteiger partial charge in [0.2, 0.25) is 0 Å². The maximum Gasteiger partial charge on any atom is 0.416 e. The van der Waals surface area contributed by atoms with Crippen LogP contribution in [0, 0.1) is 0 Å². The third-order valence-electron chi connectivity index (χ3n) is 7.39. The van der Waals surface area contributed by atoms with Crippen LogP contribution in [-0.2, 0) is 19.1 Å². The summed E-state index contributed by atoms with van der Waals surface area (Å²) in [6.45, 7) is 1.44. The Kier molecular flexibility index (Phi) is 7.40. The van der Waals surface area contributed by atoms with E-state index in [0.717, 1.165) is 68.6 Å². The number of hydrogen-bond donors (Lipinski definition) is 2. The van der Waals surface area contributed by atoms with Crippen molar-refractivity contribution in [2.24, 2.45) is 0 Å². The summed E-state index contributed by atoms with van der Waals surface area (Å²) in [6.07, 6.45) is 1.64. The Hall–Kier alpha value is -3.81. The molecule has 0 aromatic heterocycles. The first-order valence-corrected chi connectivity index (χ1v) is 13.0. The molecular formula is C30H30F3N3O2. The molecule has 0 spiro atoms. The van der Waals surface area contributed by atoms with Gasteiger partial charge in [-0.25, -0.2) is 0 Å². The van der Waals surface area contributed by atoms with E-state index in [0.29, 0.717) is 17.8 Å². The van der Waals surface area contributed by atoms with Crippen molar-refractivity contribution in [3.8, 4) is 0 Å². The molecule has 1 aliphatic carbocycles. The van der Waals surface area contributed by atoms with Crippen LogP contribution < -0.4 is 15.5 Å². The predicted octanol–water partition coefficient (Wildman–Crippen LogP) is 6.58. The van der Waals surface area contributed by atoms with E-state index in [4.69, 9.17) is 0 Å². The Bertz CT molecular complexity index is 1320. The summed E-state index contributed by atoms with van der Waals surface area (Å²) in [6, 6.07) is 17.7. The number of amides is 2. The molecule has 1 aliphatic heterocycles. The second-order valence-electron chi connectivity index (χ2n) is 10.0. The Morgan fingerprint density at radius 1 is 0.842 bits per heavy atom. The molecule has 5 nitrogen and oxygen atoms in total. The number of hydrogen-bond acceptors (Lipinski definition) is 3. The van der Waals surface area contributed by atoms with Gasteiger partial charge in [-0.05, 0) is 72.9 Å². The van der Waals surface area contributed by atoms with Crippen LogP contribution in [-0.4, -0.2) is 24.4 Å². The highest BCUT2D eigenvalue weighted by Crippen LogP contribution is 2.31. The lowest BCUT2D eigenvalue weighted by Crippen LogP contribution is -2.38. The molecule has 2 N–H and O–H groups in total. The van der Waals surface area contributed by atoms with E-state index in [-0.39, 0.29) is 17.5 Å². The second-order valence-corrected chi connectivity index (χ2v) is 10.0. The van der Waals surface area contributed by atoms with Gasteiger partial charge < -0.3 is 15.5 Å². The number of carbonyl (C=O) groups excluding carboxylic acids is 2. The largest absolute Gasteiger partial charge is 0.416 e. The molecular weight excluding hydrogens is 491 g/mol. The standard InChI is InChI=1S/C30H30F3N3O2/c31-30(32,33)23-12-10-21(11-13-23)28(37)35-25-14-15-27(36-17-16-20-6-4-5-7-22(20)19-36)26(18-25)29(38)34-24-8-2-1-3-9-24/h4-7,10-15,18,24H,1-3,8-9,16-17,19H2,(H,34,38)(H,35,37). The zero-order valence-electron chi connectivity index (χ0n) is 21.0. The Labute approximate surface area is 220 Å². The van der Waals surface area contributed by atoms with Gasteiger partial charge in [0.05, 0.1) is 11.1 Å². The van der Waals surface area contributed by atoms with Crippen molar-refractivity contribution >= 4 is 23.2 Å². The van der Waals surface area contributed by atoms with E-state index in [9.17, 15) is 22.8 Å². The molecule has 0 bridgehead atoms. The van der Waals surface area contributed by atoms with Gasteiger partial charge in [0.25, 0.3) is 11.8 Å². The van der Waals surface area contributed by atoms with Gasteiger partial charge in [0.1, 0.15) is 0 Å². The number of nitrogens with one attached hydrogen (secondary N) is 2. The highest BCUT2D eigenvalue weighted by molar-refractivity contribution is 6.06. The predicted molar refractivity (Wildman–Crippen MR) is 141 cm³/mol. The van der Waals surface area contributed by atoms with Gasteiger partial charge in [0.15, 0.2) is 0 Å². The molecule has 0 radical (unpaired) electrons. The van der Waals surface area contributed by atoms with Crippen molar-refractivity contribution in [3.05, 3.63) is 94.5 Å². The number of halogens is 3. The quantitative estimate of drug-likeness (QED) is 0.399. The smallest absolute Gasteiger partial charge is 0.366 e. The van der Waals surface area contributed by atoms with E-state index in [1.165, 1.54) is 17.5 Å². The zero-order chi connectivity index (χ0) is 26.7. The second kappa shape index (κ2) is 10.9. The molecule has 3 aromatic rings. The normalized spacial score (nSPS) is 16.0. The van der Waals surface area contributed by atoms with Gasteiger partial charge in [-0.3, -0.25) is 9.59 Å². The number of anilines is 2. The van der Waals surface area contributed by atoms with Crippen molar-refractivity contribution in [1.82, 2.24) is 5.32 Å². The van der Waals surface area contributed by atoms with E-state index < -0.39 is 17.6 Å². The Balaban J connectivity index is 1.40. The highest BCUT2D eigenvalue weighted by Gasteiger charge is 2.30. The van der Waals surface area contributed by atoms with Gasteiger partial charge in [0, 0.05) is 36.1 Å². The summed E-state index contributed by atoms with van der Waals surface area (Å²) in [5.41, 5.74) is 3.48. The number of nitrogens with zero attached hydrogens (tertiary/aromatic N) is 1. The SMILES string of the molecule is O=C(Nc1ccc(N2CCc3ccccc3C2)c(C(=O)NC2CCCCC2)c1)c1ccc(C(F)(F)F)cc1.